The van der Waals surface area contributed by atoms with E-state index in [9.17, 15) is 4.21 Å². The Hall–Kier alpha value is -0.190. The molecule has 0 bridgehead atoms. The Morgan fingerprint density at radius 2 is 1.88 bits per heavy atom. The minimum atomic E-state index is -1.05. The maximum absolute atomic E-state index is 12.0. The standard InChI is InChI=1S/C13H20BrNOS/c1-9-6-11(8-12(14)7-9)10(2)15-17(16)13(3,4)5/h6-8,10,15H,1-5H3/t10-,17+/m1/s1. The molecule has 0 unspecified atom stereocenters. The van der Waals surface area contributed by atoms with Crippen LogP contribution in [0.5, 0.6) is 0 Å². The topological polar surface area (TPSA) is 29.1 Å². The van der Waals surface area contributed by atoms with Gasteiger partial charge in [0.25, 0.3) is 0 Å². The summed E-state index contributed by atoms with van der Waals surface area (Å²) < 4.78 is 16.0. The van der Waals surface area contributed by atoms with Crippen LogP contribution in [0, 0.1) is 6.92 Å². The molecule has 17 heavy (non-hydrogen) atoms. The summed E-state index contributed by atoms with van der Waals surface area (Å²) in [4.78, 5) is 0. The van der Waals surface area contributed by atoms with Gasteiger partial charge in [-0.15, -0.1) is 0 Å². The normalized spacial score (nSPS) is 15.6. The first-order valence-corrected chi connectivity index (χ1v) is 7.59. The smallest absolute Gasteiger partial charge is 0.0975 e. The molecule has 0 saturated heterocycles. The van der Waals surface area contributed by atoms with E-state index in [1.54, 1.807) is 0 Å². The summed E-state index contributed by atoms with van der Waals surface area (Å²) >= 11 is 3.48. The molecule has 0 heterocycles. The van der Waals surface area contributed by atoms with E-state index in [2.05, 4.69) is 45.8 Å². The van der Waals surface area contributed by atoms with Crippen LogP contribution in [-0.2, 0) is 11.0 Å². The van der Waals surface area contributed by atoms with E-state index in [-0.39, 0.29) is 10.8 Å². The molecular weight excluding hydrogens is 298 g/mol. The molecule has 1 aromatic carbocycles. The number of hydrogen-bond acceptors (Lipinski definition) is 1. The average Bonchev–Trinajstić information content (AvgIpc) is 2.14. The van der Waals surface area contributed by atoms with Gasteiger partial charge in [-0.25, -0.2) is 8.93 Å². The lowest BCUT2D eigenvalue weighted by Gasteiger charge is -2.22. The molecule has 2 atom stereocenters. The van der Waals surface area contributed by atoms with E-state index < -0.39 is 11.0 Å². The molecule has 0 aliphatic rings. The Morgan fingerprint density at radius 1 is 1.29 bits per heavy atom. The first-order chi connectivity index (χ1) is 7.70. The average molecular weight is 318 g/mol. The first kappa shape index (κ1) is 14.9. The minimum Gasteiger partial charge on any atom is -0.242 e. The highest BCUT2D eigenvalue weighted by Crippen LogP contribution is 2.22. The highest BCUT2D eigenvalue weighted by Gasteiger charge is 2.21. The molecule has 1 rings (SSSR count). The second-order valence-corrected chi connectivity index (χ2v) is 8.20. The van der Waals surface area contributed by atoms with Crippen molar-refractivity contribution in [1.29, 1.82) is 0 Å². The lowest BCUT2D eigenvalue weighted by atomic mass is 10.1. The second-order valence-electron chi connectivity index (χ2n) is 5.28. The molecule has 1 aromatic rings. The summed E-state index contributed by atoms with van der Waals surface area (Å²) in [5.41, 5.74) is 2.35. The molecule has 0 aromatic heterocycles. The van der Waals surface area contributed by atoms with Gasteiger partial charge < -0.3 is 0 Å². The molecule has 0 aliphatic heterocycles. The van der Waals surface area contributed by atoms with Gasteiger partial charge >= 0.3 is 0 Å². The highest BCUT2D eigenvalue weighted by molar-refractivity contribution is 9.10. The number of nitrogens with one attached hydrogen (secondary N) is 1. The van der Waals surface area contributed by atoms with Crippen LogP contribution in [0.15, 0.2) is 22.7 Å². The van der Waals surface area contributed by atoms with Gasteiger partial charge in [-0.1, -0.05) is 22.0 Å². The van der Waals surface area contributed by atoms with Crippen LogP contribution in [0.3, 0.4) is 0 Å². The van der Waals surface area contributed by atoms with Crippen LogP contribution in [0.2, 0.25) is 0 Å². The monoisotopic (exact) mass is 317 g/mol. The lowest BCUT2D eigenvalue weighted by Crippen LogP contribution is -2.34. The Bertz CT molecular complexity index is 406. The predicted molar refractivity (Wildman–Crippen MR) is 78.3 cm³/mol. The Labute approximate surface area is 115 Å². The van der Waals surface area contributed by atoms with Crippen molar-refractivity contribution in [2.24, 2.45) is 0 Å². The molecule has 0 amide bonds. The van der Waals surface area contributed by atoms with Crippen molar-refractivity contribution in [2.75, 3.05) is 0 Å². The van der Waals surface area contributed by atoms with Gasteiger partial charge in [0.2, 0.25) is 0 Å². The SMILES string of the molecule is Cc1cc(Br)cc([C@@H](C)N[S@@](=O)C(C)(C)C)c1. The molecule has 0 saturated carbocycles. The quantitative estimate of drug-likeness (QED) is 0.900. The zero-order valence-electron chi connectivity index (χ0n) is 11.0. The Balaban J connectivity index is 2.83. The van der Waals surface area contributed by atoms with E-state index in [1.807, 2.05) is 27.7 Å². The maximum Gasteiger partial charge on any atom is 0.0975 e. The maximum atomic E-state index is 12.0. The molecule has 0 fully saturated rings. The van der Waals surface area contributed by atoms with Crippen LogP contribution < -0.4 is 4.72 Å². The van der Waals surface area contributed by atoms with Crippen molar-refractivity contribution in [3.05, 3.63) is 33.8 Å². The molecule has 0 aliphatic carbocycles. The van der Waals surface area contributed by atoms with Crippen molar-refractivity contribution in [3.8, 4) is 0 Å². The number of hydrogen-bond donors (Lipinski definition) is 1. The zero-order valence-corrected chi connectivity index (χ0v) is 13.4. The van der Waals surface area contributed by atoms with E-state index in [0.717, 1.165) is 10.0 Å². The Morgan fingerprint density at radius 3 is 2.35 bits per heavy atom. The van der Waals surface area contributed by atoms with Crippen molar-refractivity contribution >= 4 is 26.9 Å². The van der Waals surface area contributed by atoms with Gasteiger partial charge in [0.1, 0.15) is 0 Å². The van der Waals surface area contributed by atoms with Gasteiger partial charge in [0.15, 0.2) is 0 Å². The van der Waals surface area contributed by atoms with Crippen LogP contribution in [0.25, 0.3) is 0 Å². The molecule has 4 heteroatoms. The predicted octanol–water partition coefficient (Wildman–Crippen LogP) is 3.87. The third-order valence-corrected chi connectivity index (χ3v) is 4.54. The van der Waals surface area contributed by atoms with Gasteiger partial charge in [0, 0.05) is 10.5 Å². The summed E-state index contributed by atoms with van der Waals surface area (Å²) in [7, 11) is -1.05. The van der Waals surface area contributed by atoms with E-state index >= 15 is 0 Å². The third kappa shape index (κ3) is 4.53. The number of rotatable bonds is 3. The van der Waals surface area contributed by atoms with Gasteiger partial charge in [-0.3, -0.25) is 0 Å². The van der Waals surface area contributed by atoms with Crippen LogP contribution in [0.4, 0.5) is 0 Å². The van der Waals surface area contributed by atoms with E-state index in [4.69, 9.17) is 0 Å². The van der Waals surface area contributed by atoms with Crippen molar-refractivity contribution < 1.29 is 4.21 Å². The van der Waals surface area contributed by atoms with Gasteiger partial charge in [-0.05, 0) is 57.9 Å². The van der Waals surface area contributed by atoms with Crippen LogP contribution in [-0.4, -0.2) is 8.96 Å². The molecule has 2 nitrogen and oxygen atoms in total. The summed E-state index contributed by atoms with van der Waals surface area (Å²) in [6.45, 7) is 9.99. The first-order valence-electron chi connectivity index (χ1n) is 5.65. The highest BCUT2D eigenvalue weighted by atomic mass is 79.9. The van der Waals surface area contributed by atoms with Crippen LogP contribution in [0.1, 0.15) is 44.9 Å². The van der Waals surface area contributed by atoms with Crippen molar-refractivity contribution in [1.82, 2.24) is 4.72 Å². The van der Waals surface area contributed by atoms with Crippen molar-refractivity contribution in [2.45, 2.75) is 45.4 Å². The molecule has 96 valence electrons. The summed E-state index contributed by atoms with van der Waals surface area (Å²) in [6.07, 6.45) is 0. The minimum absolute atomic E-state index is 0.0752. The van der Waals surface area contributed by atoms with Crippen molar-refractivity contribution in [3.63, 3.8) is 0 Å². The molecule has 0 radical (unpaired) electrons. The molecule has 0 spiro atoms. The zero-order chi connectivity index (χ0) is 13.2. The van der Waals surface area contributed by atoms with Crippen LogP contribution >= 0.6 is 15.9 Å². The largest absolute Gasteiger partial charge is 0.242 e. The number of halogens is 1. The number of aryl methyl sites for hydroxylation is 1. The van der Waals surface area contributed by atoms with E-state index in [1.165, 1.54) is 5.56 Å². The molecule has 1 N–H and O–H groups in total. The van der Waals surface area contributed by atoms with E-state index in [0.29, 0.717) is 0 Å². The fraction of sp³-hybridized carbons (Fsp3) is 0.538. The summed E-state index contributed by atoms with van der Waals surface area (Å²) in [5.74, 6) is 0. The van der Waals surface area contributed by atoms with Gasteiger partial charge in [0.05, 0.1) is 15.7 Å². The summed E-state index contributed by atoms with van der Waals surface area (Å²) in [5, 5.41) is 0. The fourth-order valence-corrected chi connectivity index (χ4v) is 2.86. The second kappa shape index (κ2) is 5.63. The lowest BCUT2D eigenvalue weighted by molar-refractivity contribution is 0.616. The summed E-state index contributed by atoms with van der Waals surface area (Å²) in [6, 6.07) is 6.32. The molecular formula is C13H20BrNOS. The fourth-order valence-electron chi connectivity index (χ4n) is 1.42. The Kier molecular flexibility index (Phi) is 4.93. The third-order valence-electron chi connectivity index (χ3n) is 2.40. The van der Waals surface area contributed by atoms with Gasteiger partial charge in [-0.2, -0.15) is 0 Å². The number of benzene rings is 1.